The number of hydrogen-bond donors (Lipinski definition) is 0. The molecular formula is C17H23N. The van der Waals surface area contributed by atoms with Gasteiger partial charge in [0.25, 0.3) is 0 Å². The molecule has 1 saturated carbocycles. The van der Waals surface area contributed by atoms with Crippen LogP contribution in [-0.2, 0) is 6.42 Å². The van der Waals surface area contributed by atoms with Crippen LogP contribution in [0.3, 0.4) is 0 Å². The van der Waals surface area contributed by atoms with Crippen LogP contribution in [0.5, 0.6) is 0 Å². The van der Waals surface area contributed by atoms with Crippen molar-refractivity contribution in [2.75, 3.05) is 13.6 Å². The zero-order chi connectivity index (χ0) is 12.6. The third kappa shape index (κ3) is 4.20. The molecule has 0 atom stereocenters. The van der Waals surface area contributed by atoms with Crippen LogP contribution >= 0.6 is 0 Å². The molecule has 0 N–H and O–H groups in total. The summed E-state index contributed by atoms with van der Waals surface area (Å²) in [6, 6.07) is 11.2. The van der Waals surface area contributed by atoms with Gasteiger partial charge in [0.05, 0.1) is 6.54 Å². The third-order valence-corrected chi connectivity index (χ3v) is 3.79. The lowest BCUT2D eigenvalue weighted by molar-refractivity contribution is 0.212. The van der Waals surface area contributed by atoms with E-state index < -0.39 is 0 Å². The van der Waals surface area contributed by atoms with Gasteiger partial charge in [0.15, 0.2) is 0 Å². The Morgan fingerprint density at radius 3 is 2.50 bits per heavy atom. The van der Waals surface area contributed by atoms with Gasteiger partial charge in [-0.2, -0.15) is 0 Å². The van der Waals surface area contributed by atoms with E-state index in [1.165, 1.54) is 37.7 Å². The largest absolute Gasteiger partial charge is 0.292 e. The molecule has 0 unspecified atom stereocenters. The molecule has 1 aromatic carbocycles. The summed E-state index contributed by atoms with van der Waals surface area (Å²) in [5, 5.41) is 0. The highest BCUT2D eigenvalue weighted by atomic mass is 15.1. The average molecular weight is 241 g/mol. The van der Waals surface area contributed by atoms with Crippen molar-refractivity contribution in [3.63, 3.8) is 0 Å². The minimum atomic E-state index is 0.768. The van der Waals surface area contributed by atoms with E-state index in [9.17, 15) is 0 Å². The third-order valence-electron chi connectivity index (χ3n) is 3.79. The van der Waals surface area contributed by atoms with E-state index >= 15 is 0 Å². The quantitative estimate of drug-likeness (QED) is 0.732. The summed E-state index contributed by atoms with van der Waals surface area (Å²) in [5.74, 6) is 6.59. The standard InChI is InChI=1S/C17H23N/c1-18(17-13-6-3-7-14-17)15-9-8-12-16-10-4-2-5-11-16/h2,4-5,10-11,17H,3,6-7,12-15H2,1H3. The highest BCUT2D eigenvalue weighted by Crippen LogP contribution is 2.21. The number of nitrogens with zero attached hydrogens (tertiary/aromatic N) is 1. The molecule has 0 aromatic heterocycles. The van der Waals surface area contributed by atoms with Gasteiger partial charge >= 0.3 is 0 Å². The molecule has 1 aromatic rings. The van der Waals surface area contributed by atoms with Gasteiger partial charge in [-0.15, -0.1) is 0 Å². The van der Waals surface area contributed by atoms with Crippen LogP contribution in [0.4, 0.5) is 0 Å². The Balaban J connectivity index is 1.74. The predicted molar refractivity (Wildman–Crippen MR) is 77.4 cm³/mol. The topological polar surface area (TPSA) is 3.24 Å². The Morgan fingerprint density at radius 2 is 1.78 bits per heavy atom. The van der Waals surface area contributed by atoms with Crippen molar-refractivity contribution >= 4 is 0 Å². The van der Waals surface area contributed by atoms with Crippen LogP contribution in [0.1, 0.15) is 37.7 Å². The van der Waals surface area contributed by atoms with Gasteiger partial charge in [-0.1, -0.05) is 61.4 Å². The van der Waals surface area contributed by atoms with Crippen LogP contribution in [0.2, 0.25) is 0 Å². The summed E-state index contributed by atoms with van der Waals surface area (Å²) < 4.78 is 0. The Hall–Kier alpha value is -1.26. The fourth-order valence-corrected chi connectivity index (χ4v) is 2.59. The summed E-state index contributed by atoms with van der Waals surface area (Å²) >= 11 is 0. The fourth-order valence-electron chi connectivity index (χ4n) is 2.59. The first-order chi connectivity index (χ1) is 8.86. The van der Waals surface area contributed by atoms with E-state index in [1.807, 2.05) is 6.07 Å². The van der Waals surface area contributed by atoms with Gasteiger partial charge in [-0.05, 0) is 25.5 Å². The molecule has 0 heterocycles. The first kappa shape index (κ1) is 13.2. The molecule has 1 aliphatic carbocycles. The van der Waals surface area contributed by atoms with E-state index in [-0.39, 0.29) is 0 Å². The number of rotatable bonds is 3. The highest BCUT2D eigenvalue weighted by molar-refractivity contribution is 5.20. The van der Waals surface area contributed by atoms with Crippen LogP contribution in [0, 0.1) is 11.8 Å². The Kier molecular flexibility index (Phi) is 5.30. The molecule has 1 aliphatic rings. The molecule has 0 aliphatic heterocycles. The van der Waals surface area contributed by atoms with E-state index in [1.54, 1.807) is 0 Å². The first-order valence-electron chi connectivity index (χ1n) is 7.06. The summed E-state index contributed by atoms with van der Waals surface area (Å²) in [5.41, 5.74) is 1.31. The maximum absolute atomic E-state index is 3.31. The SMILES string of the molecule is CN(CC#CCc1ccccc1)C1CCCCC1. The van der Waals surface area contributed by atoms with Crippen molar-refractivity contribution in [1.29, 1.82) is 0 Å². The van der Waals surface area contributed by atoms with Gasteiger partial charge < -0.3 is 0 Å². The van der Waals surface area contributed by atoms with Crippen LogP contribution in [0.25, 0.3) is 0 Å². The summed E-state index contributed by atoms with van der Waals surface area (Å²) in [4.78, 5) is 2.43. The van der Waals surface area contributed by atoms with E-state index in [0.717, 1.165) is 19.0 Å². The van der Waals surface area contributed by atoms with Crippen LogP contribution in [0.15, 0.2) is 30.3 Å². The molecule has 1 fully saturated rings. The fraction of sp³-hybridized carbons (Fsp3) is 0.529. The maximum atomic E-state index is 3.31. The number of hydrogen-bond acceptors (Lipinski definition) is 1. The van der Waals surface area contributed by atoms with E-state index in [2.05, 4.69) is 48.1 Å². The Labute approximate surface area is 111 Å². The molecule has 0 spiro atoms. The molecule has 0 saturated heterocycles. The van der Waals surface area contributed by atoms with E-state index in [0.29, 0.717) is 0 Å². The second-order valence-corrected chi connectivity index (χ2v) is 5.22. The highest BCUT2D eigenvalue weighted by Gasteiger charge is 2.16. The molecule has 2 rings (SSSR count). The zero-order valence-electron chi connectivity index (χ0n) is 11.4. The molecule has 0 bridgehead atoms. The second-order valence-electron chi connectivity index (χ2n) is 5.22. The van der Waals surface area contributed by atoms with Gasteiger partial charge in [-0.25, -0.2) is 0 Å². The Morgan fingerprint density at radius 1 is 1.06 bits per heavy atom. The lowest BCUT2D eigenvalue weighted by Gasteiger charge is -2.29. The first-order valence-corrected chi connectivity index (χ1v) is 7.06. The molecule has 1 heteroatoms. The van der Waals surface area contributed by atoms with Gasteiger partial charge in [0.2, 0.25) is 0 Å². The van der Waals surface area contributed by atoms with Gasteiger partial charge in [-0.3, -0.25) is 4.90 Å². The summed E-state index contributed by atoms with van der Waals surface area (Å²) in [7, 11) is 2.22. The molecule has 96 valence electrons. The summed E-state index contributed by atoms with van der Waals surface area (Å²) in [6.45, 7) is 0.914. The Bertz CT molecular complexity index is 393. The van der Waals surface area contributed by atoms with Crippen molar-refractivity contribution in [3.8, 4) is 11.8 Å². The molecule has 18 heavy (non-hydrogen) atoms. The predicted octanol–water partition coefficient (Wildman–Crippen LogP) is 3.50. The van der Waals surface area contributed by atoms with Crippen molar-refractivity contribution in [3.05, 3.63) is 35.9 Å². The monoisotopic (exact) mass is 241 g/mol. The molecule has 0 radical (unpaired) electrons. The lowest BCUT2D eigenvalue weighted by Crippen LogP contribution is -2.33. The average Bonchev–Trinajstić information content (AvgIpc) is 2.45. The lowest BCUT2D eigenvalue weighted by atomic mass is 9.94. The molecular weight excluding hydrogens is 218 g/mol. The van der Waals surface area contributed by atoms with Crippen LogP contribution in [-0.4, -0.2) is 24.5 Å². The van der Waals surface area contributed by atoms with Gasteiger partial charge in [0, 0.05) is 12.5 Å². The normalized spacial score (nSPS) is 16.3. The number of benzene rings is 1. The van der Waals surface area contributed by atoms with Gasteiger partial charge in [0.1, 0.15) is 0 Å². The molecule has 0 amide bonds. The van der Waals surface area contributed by atoms with Crippen molar-refractivity contribution in [2.24, 2.45) is 0 Å². The minimum absolute atomic E-state index is 0.768. The molecule has 1 nitrogen and oxygen atoms in total. The van der Waals surface area contributed by atoms with Crippen molar-refractivity contribution in [2.45, 2.75) is 44.6 Å². The van der Waals surface area contributed by atoms with Crippen molar-refractivity contribution < 1.29 is 0 Å². The second kappa shape index (κ2) is 7.24. The van der Waals surface area contributed by atoms with E-state index in [4.69, 9.17) is 0 Å². The minimum Gasteiger partial charge on any atom is -0.292 e. The van der Waals surface area contributed by atoms with Crippen LogP contribution < -0.4 is 0 Å². The maximum Gasteiger partial charge on any atom is 0.0601 e. The smallest absolute Gasteiger partial charge is 0.0601 e. The zero-order valence-corrected chi connectivity index (χ0v) is 11.4. The summed E-state index contributed by atoms with van der Waals surface area (Å²) in [6.07, 6.45) is 7.80. The van der Waals surface area contributed by atoms with Crippen molar-refractivity contribution in [1.82, 2.24) is 4.90 Å².